The molecule has 4 nitrogen and oxygen atoms in total. The van der Waals surface area contributed by atoms with Crippen LogP contribution in [0.4, 0.5) is 0 Å². The summed E-state index contributed by atoms with van der Waals surface area (Å²) in [5, 5.41) is 7.41. The summed E-state index contributed by atoms with van der Waals surface area (Å²) in [6, 6.07) is 0.639. The van der Waals surface area contributed by atoms with Gasteiger partial charge in [-0.15, -0.1) is 0 Å². The number of aromatic nitrogens is 2. The second-order valence-corrected chi connectivity index (χ2v) is 4.19. The van der Waals surface area contributed by atoms with Crippen LogP contribution in [-0.4, -0.2) is 40.9 Å². The highest BCUT2D eigenvalue weighted by Crippen LogP contribution is 2.23. The minimum absolute atomic E-state index is 0.639. The zero-order valence-corrected chi connectivity index (χ0v) is 8.42. The average molecular weight is 193 g/mol. The largest absolute Gasteiger partial charge is 0.378 e. The van der Waals surface area contributed by atoms with E-state index in [0.29, 0.717) is 6.04 Å². The second-order valence-electron chi connectivity index (χ2n) is 4.19. The van der Waals surface area contributed by atoms with Crippen molar-refractivity contribution in [1.82, 2.24) is 15.1 Å². The van der Waals surface area contributed by atoms with Gasteiger partial charge in [0.1, 0.15) is 0 Å². The molecule has 0 aliphatic carbocycles. The summed E-state index contributed by atoms with van der Waals surface area (Å²) in [6.45, 7) is 6.06. The van der Waals surface area contributed by atoms with E-state index in [0.717, 1.165) is 32.7 Å². The molecular formula is C10H15N3O. The van der Waals surface area contributed by atoms with Crippen molar-refractivity contribution in [2.45, 2.75) is 25.9 Å². The van der Waals surface area contributed by atoms with Gasteiger partial charge in [-0.25, -0.2) is 0 Å². The van der Waals surface area contributed by atoms with Gasteiger partial charge < -0.3 is 4.74 Å². The molecule has 3 rings (SSSR count). The number of aromatic amines is 1. The van der Waals surface area contributed by atoms with Crippen molar-refractivity contribution >= 4 is 0 Å². The van der Waals surface area contributed by atoms with Crippen LogP contribution in [0.2, 0.25) is 0 Å². The Kier molecular flexibility index (Phi) is 1.85. The van der Waals surface area contributed by atoms with Gasteiger partial charge in [0.15, 0.2) is 0 Å². The SMILES string of the molecule is Cc1[nH]nc2c1CCN(C1COC1)C2. The van der Waals surface area contributed by atoms with Crippen LogP contribution < -0.4 is 0 Å². The van der Waals surface area contributed by atoms with Gasteiger partial charge in [-0.2, -0.15) is 5.10 Å². The van der Waals surface area contributed by atoms with Crippen LogP contribution in [0.1, 0.15) is 17.0 Å². The topological polar surface area (TPSA) is 41.2 Å². The third-order valence-corrected chi connectivity index (χ3v) is 3.30. The molecule has 3 heterocycles. The Hall–Kier alpha value is -0.870. The lowest BCUT2D eigenvalue weighted by Crippen LogP contribution is -2.50. The highest BCUT2D eigenvalue weighted by molar-refractivity contribution is 5.26. The zero-order valence-electron chi connectivity index (χ0n) is 8.42. The monoisotopic (exact) mass is 193 g/mol. The molecule has 1 fully saturated rings. The predicted molar refractivity (Wildman–Crippen MR) is 52.0 cm³/mol. The number of hydrogen-bond donors (Lipinski definition) is 1. The number of fused-ring (bicyclic) bond motifs is 1. The van der Waals surface area contributed by atoms with Crippen LogP contribution in [0.15, 0.2) is 0 Å². The van der Waals surface area contributed by atoms with E-state index in [1.54, 1.807) is 0 Å². The summed E-state index contributed by atoms with van der Waals surface area (Å²) in [4.78, 5) is 2.48. The third-order valence-electron chi connectivity index (χ3n) is 3.30. The number of nitrogens with zero attached hydrogens (tertiary/aromatic N) is 2. The lowest BCUT2D eigenvalue weighted by atomic mass is 10.0. The Bertz CT molecular complexity index is 343. The maximum atomic E-state index is 5.21. The summed E-state index contributed by atoms with van der Waals surface area (Å²) in [5.41, 5.74) is 3.91. The van der Waals surface area contributed by atoms with Crippen LogP contribution in [0.3, 0.4) is 0 Å². The fourth-order valence-electron chi connectivity index (χ4n) is 2.24. The first-order chi connectivity index (χ1) is 6.84. The molecule has 2 aliphatic rings. The van der Waals surface area contributed by atoms with Gasteiger partial charge in [-0.1, -0.05) is 0 Å². The molecule has 14 heavy (non-hydrogen) atoms. The van der Waals surface area contributed by atoms with Crippen molar-refractivity contribution < 1.29 is 4.74 Å². The molecule has 0 saturated carbocycles. The van der Waals surface area contributed by atoms with Crippen molar-refractivity contribution in [3.05, 3.63) is 17.0 Å². The summed E-state index contributed by atoms with van der Waals surface area (Å²) in [6.07, 6.45) is 1.13. The number of rotatable bonds is 1. The first kappa shape index (κ1) is 8.44. The van der Waals surface area contributed by atoms with Gasteiger partial charge in [0.2, 0.25) is 0 Å². The van der Waals surface area contributed by atoms with Crippen molar-refractivity contribution in [2.75, 3.05) is 19.8 Å². The zero-order chi connectivity index (χ0) is 9.54. The van der Waals surface area contributed by atoms with E-state index < -0.39 is 0 Å². The number of aryl methyl sites for hydroxylation is 1. The van der Waals surface area contributed by atoms with Crippen LogP contribution in [0.25, 0.3) is 0 Å². The normalized spacial score (nSPS) is 23.2. The molecule has 76 valence electrons. The highest BCUT2D eigenvalue weighted by Gasteiger charge is 2.30. The van der Waals surface area contributed by atoms with E-state index in [1.165, 1.54) is 17.0 Å². The molecule has 0 unspecified atom stereocenters. The minimum atomic E-state index is 0.639. The molecular weight excluding hydrogens is 178 g/mol. The van der Waals surface area contributed by atoms with E-state index in [4.69, 9.17) is 4.74 Å². The van der Waals surface area contributed by atoms with Crippen molar-refractivity contribution in [1.29, 1.82) is 0 Å². The van der Waals surface area contributed by atoms with Gasteiger partial charge in [0, 0.05) is 18.8 Å². The van der Waals surface area contributed by atoms with E-state index in [9.17, 15) is 0 Å². The van der Waals surface area contributed by atoms with E-state index in [-0.39, 0.29) is 0 Å². The molecule has 0 spiro atoms. The number of ether oxygens (including phenoxy) is 1. The van der Waals surface area contributed by atoms with Crippen LogP contribution >= 0.6 is 0 Å². The molecule has 0 aromatic carbocycles. The Morgan fingerprint density at radius 3 is 3.07 bits per heavy atom. The second kappa shape index (κ2) is 3.07. The number of nitrogens with one attached hydrogen (secondary N) is 1. The van der Waals surface area contributed by atoms with Crippen molar-refractivity contribution in [2.24, 2.45) is 0 Å². The maximum Gasteiger partial charge on any atom is 0.0797 e. The number of H-pyrrole nitrogens is 1. The predicted octanol–water partition coefficient (Wildman–Crippen LogP) is 0.475. The summed E-state index contributed by atoms with van der Waals surface area (Å²) in [7, 11) is 0. The molecule has 2 aliphatic heterocycles. The Morgan fingerprint density at radius 1 is 1.50 bits per heavy atom. The minimum Gasteiger partial charge on any atom is -0.378 e. The Morgan fingerprint density at radius 2 is 2.36 bits per heavy atom. The lowest BCUT2D eigenvalue weighted by Gasteiger charge is -2.38. The molecule has 1 N–H and O–H groups in total. The maximum absolute atomic E-state index is 5.21. The molecule has 4 heteroatoms. The van der Waals surface area contributed by atoms with Crippen LogP contribution in [-0.2, 0) is 17.7 Å². The summed E-state index contributed by atoms with van der Waals surface area (Å²) < 4.78 is 5.21. The fourth-order valence-corrected chi connectivity index (χ4v) is 2.24. The molecule has 1 saturated heterocycles. The highest BCUT2D eigenvalue weighted by atomic mass is 16.5. The third kappa shape index (κ3) is 1.18. The number of hydrogen-bond acceptors (Lipinski definition) is 3. The Labute approximate surface area is 83.2 Å². The van der Waals surface area contributed by atoms with Gasteiger partial charge in [0.25, 0.3) is 0 Å². The van der Waals surface area contributed by atoms with Crippen LogP contribution in [0, 0.1) is 6.92 Å². The van der Waals surface area contributed by atoms with Gasteiger partial charge in [0.05, 0.1) is 24.9 Å². The van der Waals surface area contributed by atoms with E-state index in [2.05, 4.69) is 22.0 Å². The van der Waals surface area contributed by atoms with E-state index in [1.807, 2.05) is 0 Å². The molecule has 0 atom stereocenters. The summed E-state index contributed by atoms with van der Waals surface area (Å²) >= 11 is 0. The molecule has 0 bridgehead atoms. The summed E-state index contributed by atoms with van der Waals surface area (Å²) in [5.74, 6) is 0. The molecule has 1 aromatic heterocycles. The van der Waals surface area contributed by atoms with Crippen molar-refractivity contribution in [3.63, 3.8) is 0 Å². The molecule has 1 aromatic rings. The van der Waals surface area contributed by atoms with E-state index >= 15 is 0 Å². The Balaban J connectivity index is 1.79. The van der Waals surface area contributed by atoms with Gasteiger partial charge in [-0.3, -0.25) is 10.00 Å². The quantitative estimate of drug-likeness (QED) is 0.705. The van der Waals surface area contributed by atoms with Crippen LogP contribution in [0.5, 0.6) is 0 Å². The average Bonchev–Trinajstić information content (AvgIpc) is 2.45. The first-order valence-electron chi connectivity index (χ1n) is 5.19. The van der Waals surface area contributed by atoms with Gasteiger partial charge >= 0.3 is 0 Å². The smallest absolute Gasteiger partial charge is 0.0797 e. The first-order valence-corrected chi connectivity index (χ1v) is 5.19. The fraction of sp³-hybridized carbons (Fsp3) is 0.700. The molecule has 0 amide bonds. The van der Waals surface area contributed by atoms with Crippen molar-refractivity contribution in [3.8, 4) is 0 Å². The standard InChI is InChI=1S/C10H15N3O/c1-7-9-2-3-13(8-5-14-6-8)4-10(9)12-11-7/h8H,2-6H2,1H3,(H,11,12). The molecule has 0 radical (unpaired) electrons. The van der Waals surface area contributed by atoms with Gasteiger partial charge in [-0.05, 0) is 18.9 Å². The lowest BCUT2D eigenvalue weighted by molar-refractivity contribution is -0.0698.